The summed E-state index contributed by atoms with van der Waals surface area (Å²) in [6.45, 7) is 0. The zero-order chi connectivity index (χ0) is 12.7. The highest BCUT2D eigenvalue weighted by Crippen LogP contribution is 2.24. The first-order valence-corrected chi connectivity index (χ1v) is 8.17. The van der Waals surface area contributed by atoms with E-state index in [1.54, 1.807) is 0 Å². The predicted octanol–water partition coefficient (Wildman–Crippen LogP) is 2.38. The summed E-state index contributed by atoms with van der Waals surface area (Å²) in [6.07, 6.45) is 6.87. The molecule has 1 aliphatic rings. The number of rotatable bonds is 7. The van der Waals surface area contributed by atoms with Crippen LogP contribution in [0.4, 0.5) is 0 Å². The average molecular weight is 262 g/mol. The molecule has 0 bridgehead atoms. The number of unbranched alkanes of at least 4 members (excludes halogenated alkanes) is 2. The molecule has 0 aromatic rings. The molecule has 1 N–H and O–H groups in total. The lowest BCUT2D eigenvalue weighted by Gasteiger charge is -2.21. The molecule has 1 aliphatic carbocycles. The van der Waals surface area contributed by atoms with E-state index in [0.29, 0.717) is 19.3 Å². The minimum Gasteiger partial charge on any atom is -0.481 e. The normalized spacial score (nSPS) is 18.1. The second-order valence-electron chi connectivity index (χ2n) is 4.83. The van der Waals surface area contributed by atoms with E-state index in [-0.39, 0.29) is 17.4 Å². The maximum atomic E-state index is 12.0. The second-order valence-corrected chi connectivity index (χ2v) is 7.23. The predicted molar refractivity (Wildman–Crippen MR) is 66.8 cm³/mol. The molecule has 0 amide bonds. The van der Waals surface area contributed by atoms with Gasteiger partial charge in [-0.1, -0.05) is 25.7 Å². The molecule has 0 aromatic carbocycles. The van der Waals surface area contributed by atoms with Crippen molar-refractivity contribution in [1.82, 2.24) is 0 Å². The molecular formula is C12H22O4S. The highest BCUT2D eigenvalue weighted by atomic mass is 32.2. The molecule has 5 heteroatoms. The van der Waals surface area contributed by atoms with Gasteiger partial charge in [0.25, 0.3) is 0 Å². The Morgan fingerprint density at radius 2 is 1.71 bits per heavy atom. The average Bonchev–Trinajstić information content (AvgIpc) is 2.29. The largest absolute Gasteiger partial charge is 0.481 e. The van der Waals surface area contributed by atoms with E-state index in [2.05, 4.69) is 0 Å². The van der Waals surface area contributed by atoms with Crippen molar-refractivity contribution in [2.75, 3.05) is 5.75 Å². The molecule has 0 aromatic heterocycles. The summed E-state index contributed by atoms with van der Waals surface area (Å²) in [5.41, 5.74) is 0. The summed E-state index contributed by atoms with van der Waals surface area (Å²) < 4.78 is 23.9. The molecule has 0 radical (unpaired) electrons. The van der Waals surface area contributed by atoms with Crippen molar-refractivity contribution in [3.8, 4) is 0 Å². The van der Waals surface area contributed by atoms with E-state index in [1.807, 2.05) is 0 Å². The third-order valence-corrected chi connectivity index (χ3v) is 5.72. The van der Waals surface area contributed by atoms with Crippen molar-refractivity contribution in [2.45, 2.75) is 63.0 Å². The fourth-order valence-corrected chi connectivity index (χ4v) is 4.34. The molecule has 1 fully saturated rings. The minimum absolute atomic E-state index is 0.129. The van der Waals surface area contributed by atoms with Gasteiger partial charge in [-0.2, -0.15) is 0 Å². The van der Waals surface area contributed by atoms with Crippen LogP contribution >= 0.6 is 0 Å². The maximum absolute atomic E-state index is 12.0. The van der Waals surface area contributed by atoms with Crippen LogP contribution in [0.2, 0.25) is 0 Å². The molecule has 4 nitrogen and oxygen atoms in total. The molecule has 1 saturated carbocycles. The summed E-state index contributed by atoms with van der Waals surface area (Å²) in [6, 6.07) is 0. The van der Waals surface area contributed by atoms with Gasteiger partial charge < -0.3 is 5.11 Å². The number of aliphatic carboxylic acids is 1. The molecule has 17 heavy (non-hydrogen) atoms. The SMILES string of the molecule is O=C(O)CCCCCS(=O)(=O)C1CCCCC1. The van der Waals surface area contributed by atoms with Crippen molar-refractivity contribution in [2.24, 2.45) is 0 Å². The van der Waals surface area contributed by atoms with Crippen LogP contribution in [0.25, 0.3) is 0 Å². The maximum Gasteiger partial charge on any atom is 0.303 e. The molecule has 100 valence electrons. The van der Waals surface area contributed by atoms with Gasteiger partial charge in [-0.25, -0.2) is 8.42 Å². The van der Waals surface area contributed by atoms with Gasteiger partial charge >= 0.3 is 5.97 Å². The van der Waals surface area contributed by atoms with Gasteiger partial charge in [0.15, 0.2) is 9.84 Å². The third kappa shape index (κ3) is 5.52. The zero-order valence-electron chi connectivity index (χ0n) is 10.2. The smallest absolute Gasteiger partial charge is 0.303 e. The van der Waals surface area contributed by atoms with Crippen LogP contribution in [0.3, 0.4) is 0 Å². The Labute approximate surface area is 103 Å². The minimum atomic E-state index is -2.93. The van der Waals surface area contributed by atoms with Crippen molar-refractivity contribution in [3.63, 3.8) is 0 Å². The van der Waals surface area contributed by atoms with Crippen LogP contribution in [0.15, 0.2) is 0 Å². The topological polar surface area (TPSA) is 71.4 Å². The Bertz CT molecular complexity index is 328. The standard InChI is InChI=1S/C12H22O4S/c13-12(14)9-5-2-6-10-17(15,16)11-7-3-1-4-8-11/h11H,1-10H2,(H,13,14). The number of hydrogen-bond acceptors (Lipinski definition) is 3. The first-order chi connectivity index (χ1) is 8.02. The van der Waals surface area contributed by atoms with Crippen molar-refractivity contribution in [1.29, 1.82) is 0 Å². The first-order valence-electron chi connectivity index (χ1n) is 6.46. The van der Waals surface area contributed by atoms with Gasteiger partial charge in [0.2, 0.25) is 0 Å². The molecule has 0 heterocycles. The number of carboxylic acid groups (broad SMARTS) is 1. The molecule has 0 saturated heterocycles. The lowest BCUT2D eigenvalue weighted by atomic mass is 10.0. The number of carboxylic acids is 1. The summed E-state index contributed by atoms with van der Waals surface area (Å²) in [5, 5.41) is 8.33. The van der Waals surface area contributed by atoms with E-state index in [4.69, 9.17) is 5.11 Å². The number of sulfone groups is 1. The van der Waals surface area contributed by atoms with Gasteiger partial charge in [-0.05, 0) is 25.7 Å². The molecule has 0 spiro atoms. The summed E-state index contributed by atoms with van der Waals surface area (Å²) in [5.74, 6) is -0.572. The van der Waals surface area contributed by atoms with E-state index >= 15 is 0 Å². The number of carbonyl (C=O) groups is 1. The van der Waals surface area contributed by atoms with Gasteiger partial charge in [0, 0.05) is 6.42 Å². The lowest BCUT2D eigenvalue weighted by Crippen LogP contribution is -2.26. The van der Waals surface area contributed by atoms with E-state index in [0.717, 1.165) is 32.1 Å². The van der Waals surface area contributed by atoms with Crippen LogP contribution < -0.4 is 0 Å². The van der Waals surface area contributed by atoms with E-state index < -0.39 is 15.8 Å². The van der Waals surface area contributed by atoms with Crippen LogP contribution in [0.1, 0.15) is 57.8 Å². The summed E-state index contributed by atoms with van der Waals surface area (Å²) >= 11 is 0. The number of hydrogen-bond donors (Lipinski definition) is 1. The Morgan fingerprint density at radius 1 is 1.06 bits per heavy atom. The lowest BCUT2D eigenvalue weighted by molar-refractivity contribution is -0.137. The molecule has 0 atom stereocenters. The molecule has 0 aliphatic heterocycles. The highest BCUT2D eigenvalue weighted by molar-refractivity contribution is 7.92. The first kappa shape index (κ1) is 14.5. The van der Waals surface area contributed by atoms with Crippen molar-refractivity contribution in [3.05, 3.63) is 0 Å². The third-order valence-electron chi connectivity index (χ3n) is 3.38. The van der Waals surface area contributed by atoms with Crippen LogP contribution in [0.5, 0.6) is 0 Å². The Hall–Kier alpha value is -0.580. The van der Waals surface area contributed by atoms with Crippen molar-refractivity contribution < 1.29 is 18.3 Å². The summed E-state index contributed by atoms with van der Waals surface area (Å²) in [4.78, 5) is 10.3. The van der Waals surface area contributed by atoms with Crippen molar-refractivity contribution >= 4 is 15.8 Å². The second kappa shape index (κ2) is 6.99. The molecule has 0 unspecified atom stereocenters. The van der Waals surface area contributed by atoms with Crippen LogP contribution in [-0.2, 0) is 14.6 Å². The van der Waals surface area contributed by atoms with Crippen LogP contribution in [0, 0.1) is 0 Å². The zero-order valence-corrected chi connectivity index (χ0v) is 11.0. The summed E-state index contributed by atoms with van der Waals surface area (Å²) in [7, 11) is -2.93. The fraction of sp³-hybridized carbons (Fsp3) is 0.917. The molecule has 1 rings (SSSR count). The van der Waals surface area contributed by atoms with E-state index in [1.165, 1.54) is 0 Å². The highest BCUT2D eigenvalue weighted by Gasteiger charge is 2.26. The van der Waals surface area contributed by atoms with Gasteiger partial charge in [-0.15, -0.1) is 0 Å². The fourth-order valence-electron chi connectivity index (χ4n) is 2.35. The van der Waals surface area contributed by atoms with E-state index in [9.17, 15) is 13.2 Å². The monoisotopic (exact) mass is 262 g/mol. The Morgan fingerprint density at radius 3 is 2.29 bits per heavy atom. The van der Waals surface area contributed by atoms with Gasteiger partial charge in [0.1, 0.15) is 0 Å². The van der Waals surface area contributed by atoms with Crippen LogP contribution in [-0.4, -0.2) is 30.5 Å². The van der Waals surface area contributed by atoms with Gasteiger partial charge in [-0.3, -0.25) is 4.79 Å². The Balaban J connectivity index is 2.22. The molecular weight excluding hydrogens is 240 g/mol. The Kier molecular flexibility index (Phi) is 5.95. The quantitative estimate of drug-likeness (QED) is 0.715. The van der Waals surface area contributed by atoms with Gasteiger partial charge in [0.05, 0.1) is 11.0 Å².